The molecule has 1 unspecified atom stereocenters. The third-order valence-electron chi connectivity index (χ3n) is 2.40. The van der Waals surface area contributed by atoms with Crippen molar-refractivity contribution < 1.29 is 9.59 Å². The SMILES string of the molecule is Cl.NC1CCC(=O)N(C2CC2)C1=O. The third kappa shape index (κ3) is 1.84. The maximum Gasteiger partial charge on any atom is 0.246 e. The molecule has 13 heavy (non-hydrogen) atoms. The van der Waals surface area contributed by atoms with Gasteiger partial charge in [0, 0.05) is 12.5 Å². The van der Waals surface area contributed by atoms with E-state index >= 15 is 0 Å². The lowest BCUT2D eigenvalue weighted by atomic mass is 10.1. The third-order valence-corrected chi connectivity index (χ3v) is 2.40. The zero-order valence-corrected chi connectivity index (χ0v) is 8.05. The molecule has 0 spiro atoms. The Balaban J connectivity index is 0.000000845. The average Bonchev–Trinajstić information content (AvgIpc) is 2.81. The Hall–Kier alpha value is -0.610. The molecule has 5 heteroatoms. The van der Waals surface area contributed by atoms with Gasteiger partial charge >= 0.3 is 0 Å². The molecular weight excluding hydrogens is 192 g/mol. The molecule has 1 aliphatic carbocycles. The number of hydrogen-bond acceptors (Lipinski definition) is 3. The number of carbonyl (C=O) groups excluding carboxylic acids is 2. The van der Waals surface area contributed by atoms with Crippen LogP contribution in [0.4, 0.5) is 0 Å². The lowest BCUT2D eigenvalue weighted by Crippen LogP contribution is -2.52. The number of rotatable bonds is 1. The van der Waals surface area contributed by atoms with Crippen LogP contribution in [0.1, 0.15) is 25.7 Å². The van der Waals surface area contributed by atoms with Crippen LogP contribution in [0.3, 0.4) is 0 Å². The van der Waals surface area contributed by atoms with Crippen molar-refractivity contribution in [2.24, 2.45) is 5.73 Å². The highest BCUT2D eigenvalue weighted by Gasteiger charge is 2.41. The van der Waals surface area contributed by atoms with Gasteiger partial charge in [-0.2, -0.15) is 0 Å². The summed E-state index contributed by atoms with van der Waals surface area (Å²) in [6.45, 7) is 0. The van der Waals surface area contributed by atoms with Crippen LogP contribution in [0.15, 0.2) is 0 Å². The monoisotopic (exact) mass is 204 g/mol. The van der Waals surface area contributed by atoms with Gasteiger partial charge in [0.05, 0.1) is 6.04 Å². The van der Waals surface area contributed by atoms with Gasteiger partial charge in [-0.05, 0) is 19.3 Å². The first-order valence-electron chi connectivity index (χ1n) is 4.31. The van der Waals surface area contributed by atoms with Gasteiger partial charge in [0.2, 0.25) is 11.8 Å². The summed E-state index contributed by atoms with van der Waals surface area (Å²) in [4.78, 5) is 24.0. The van der Waals surface area contributed by atoms with Crippen LogP contribution in [0, 0.1) is 0 Å². The quantitative estimate of drug-likeness (QED) is 0.614. The highest BCUT2D eigenvalue weighted by atomic mass is 35.5. The van der Waals surface area contributed by atoms with Crippen LogP contribution in [0.5, 0.6) is 0 Å². The number of imide groups is 1. The number of carbonyl (C=O) groups is 2. The molecule has 2 rings (SSSR count). The lowest BCUT2D eigenvalue weighted by Gasteiger charge is -2.28. The molecule has 1 aliphatic heterocycles. The highest BCUT2D eigenvalue weighted by Crippen LogP contribution is 2.30. The number of amides is 2. The molecule has 0 aromatic rings. The van der Waals surface area contributed by atoms with E-state index in [1.807, 2.05) is 0 Å². The molecule has 0 aromatic carbocycles. The molecular formula is C8H13ClN2O2. The van der Waals surface area contributed by atoms with E-state index in [-0.39, 0.29) is 30.3 Å². The minimum Gasteiger partial charge on any atom is -0.320 e. The van der Waals surface area contributed by atoms with Crippen molar-refractivity contribution in [2.45, 2.75) is 37.8 Å². The lowest BCUT2D eigenvalue weighted by molar-refractivity contribution is -0.149. The fourth-order valence-electron chi connectivity index (χ4n) is 1.54. The maximum atomic E-state index is 11.4. The summed E-state index contributed by atoms with van der Waals surface area (Å²) in [5.41, 5.74) is 5.55. The van der Waals surface area contributed by atoms with Gasteiger partial charge in [0.1, 0.15) is 0 Å². The van der Waals surface area contributed by atoms with Crippen molar-refractivity contribution >= 4 is 24.2 Å². The number of piperidine rings is 1. The normalized spacial score (nSPS) is 28.7. The molecule has 1 saturated heterocycles. The largest absolute Gasteiger partial charge is 0.320 e. The number of likely N-dealkylation sites (tertiary alicyclic amines) is 1. The van der Waals surface area contributed by atoms with Gasteiger partial charge in [-0.15, -0.1) is 12.4 Å². The number of nitrogens with two attached hydrogens (primary N) is 1. The molecule has 1 saturated carbocycles. The predicted octanol–water partition coefficient (Wildman–Crippen LogP) is 0.0469. The van der Waals surface area contributed by atoms with E-state index in [0.717, 1.165) is 12.8 Å². The first-order chi connectivity index (χ1) is 5.70. The molecule has 0 radical (unpaired) electrons. The van der Waals surface area contributed by atoms with Crippen molar-refractivity contribution in [3.8, 4) is 0 Å². The Bertz CT molecular complexity index is 240. The van der Waals surface area contributed by atoms with Crippen LogP contribution in [0.2, 0.25) is 0 Å². The first-order valence-corrected chi connectivity index (χ1v) is 4.31. The smallest absolute Gasteiger partial charge is 0.246 e. The maximum absolute atomic E-state index is 11.4. The van der Waals surface area contributed by atoms with Gasteiger partial charge in [-0.25, -0.2) is 0 Å². The second-order valence-corrected chi connectivity index (χ2v) is 3.48. The van der Waals surface area contributed by atoms with E-state index in [1.165, 1.54) is 4.90 Å². The van der Waals surface area contributed by atoms with Crippen LogP contribution in [-0.2, 0) is 9.59 Å². The Labute approximate surface area is 82.9 Å². The fourth-order valence-corrected chi connectivity index (χ4v) is 1.54. The fraction of sp³-hybridized carbons (Fsp3) is 0.750. The van der Waals surface area contributed by atoms with E-state index in [9.17, 15) is 9.59 Å². The average molecular weight is 205 g/mol. The molecule has 4 nitrogen and oxygen atoms in total. The molecule has 1 heterocycles. The Morgan fingerprint density at radius 1 is 1.23 bits per heavy atom. The van der Waals surface area contributed by atoms with Crippen LogP contribution in [-0.4, -0.2) is 28.8 Å². The second kappa shape index (κ2) is 3.64. The summed E-state index contributed by atoms with van der Waals surface area (Å²) in [5.74, 6) is -0.210. The van der Waals surface area contributed by atoms with Crippen molar-refractivity contribution in [3.05, 3.63) is 0 Å². The van der Waals surface area contributed by atoms with E-state index < -0.39 is 6.04 Å². The van der Waals surface area contributed by atoms with Gasteiger partial charge in [-0.3, -0.25) is 14.5 Å². The number of halogens is 1. The van der Waals surface area contributed by atoms with Gasteiger partial charge in [0.15, 0.2) is 0 Å². The van der Waals surface area contributed by atoms with E-state index in [1.54, 1.807) is 0 Å². The summed E-state index contributed by atoms with van der Waals surface area (Å²) >= 11 is 0. The molecule has 1 atom stereocenters. The van der Waals surface area contributed by atoms with Gasteiger partial charge in [-0.1, -0.05) is 0 Å². The second-order valence-electron chi connectivity index (χ2n) is 3.48. The van der Waals surface area contributed by atoms with E-state index in [4.69, 9.17) is 5.73 Å². The Morgan fingerprint density at radius 2 is 1.85 bits per heavy atom. The first kappa shape index (κ1) is 10.5. The highest BCUT2D eigenvalue weighted by molar-refractivity contribution is 6.00. The zero-order chi connectivity index (χ0) is 8.72. The Kier molecular flexibility index (Phi) is 2.93. The summed E-state index contributed by atoms with van der Waals surface area (Å²) in [7, 11) is 0. The zero-order valence-electron chi connectivity index (χ0n) is 7.23. The summed E-state index contributed by atoms with van der Waals surface area (Å²) in [6, 6.07) is -0.264. The standard InChI is InChI=1S/C8H12N2O2.ClH/c9-6-3-4-7(11)10(8(6)12)5-1-2-5;/h5-6H,1-4,9H2;1H. The number of nitrogens with zero attached hydrogens (tertiary/aromatic N) is 1. The van der Waals surface area contributed by atoms with Crippen LogP contribution in [0.25, 0.3) is 0 Å². The molecule has 74 valence electrons. The number of hydrogen-bond donors (Lipinski definition) is 1. The van der Waals surface area contributed by atoms with E-state index in [0.29, 0.717) is 12.8 Å². The van der Waals surface area contributed by atoms with E-state index in [2.05, 4.69) is 0 Å². The van der Waals surface area contributed by atoms with Crippen LogP contribution >= 0.6 is 12.4 Å². The molecule has 2 fully saturated rings. The van der Waals surface area contributed by atoms with Crippen molar-refractivity contribution in [1.82, 2.24) is 4.90 Å². The van der Waals surface area contributed by atoms with Crippen molar-refractivity contribution in [1.29, 1.82) is 0 Å². The summed E-state index contributed by atoms with van der Waals surface area (Å²) < 4.78 is 0. The molecule has 0 aromatic heterocycles. The molecule has 2 amide bonds. The minimum absolute atomic E-state index is 0. The predicted molar refractivity (Wildman–Crippen MR) is 49.3 cm³/mol. The minimum atomic E-state index is -0.441. The topological polar surface area (TPSA) is 63.4 Å². The molecule has 2 N–H and O–H groups in total. The van der Waals surface area contributed by atoms with Crippen molar-refractivity contribution in [2.75, 3.05) is 0 Å². The van der Waals surface area contributed by atoms with Crippen LogP contribution < -0.4 is 5.73 Å². The molecule has 0 bridgehead atoms. The summed E-state index contributed by atoms with van der Waals surface area (Å²) in [6.07, 6.45) is 2.87. The molecule has 2 aliphatic rings. The summed E-state index contributed by atoms with van der Waals surface area (Å²) in [5, 5.41) is 0. The van der Waals surface area contributed by atoms with Crippen molar-refractivity contribution in [3.63, 3.8) is 0 Å². The van der Waals surface area contributed by atoms with Gasteiger partial charge in [0.25, 0.3) is 0 Å². The Morgan fingerprint density at radius 3 is 2.38 bits per heavy atom. The van der Waals surface area contributed by atoms with Gasteiger partial charge < -0.3 is 5.73 Å².